The highest BCUT2D eigenvalue weighted by Crippen LogP contribution is 2.48. The van der Waals surface area contributed by atoms with Crippen molar-refractivity contribution in [3.8, 4) is 5.75 Å². The number of carboxylic acids is 1. The summed E-state index contributed by atoms with van der Waals surface area (Å²) < 4.78 is 51.9. The Labute approximate surface area is 203 Å². The first-order valence-corrected chi connectivity index (χ1v) is 11.5. The Morgan fingerprint density at radius 1 is 1.26 bits per heavy atom. The van der Waals surface area contributed by atoms with Gasteiger partial charge in [0.25, 0.3) is 0 Å². The third-order valence-electron chi connectivity index (χ3n) is 6.49. The Bertz CT molecular complexity index is 1040. The highest BCUT2D eigenvalue weighted by Gasteiger charge is 2.59. The number of benzene rings is 1. The van der Waals surface area contributed by atoms with Gasteiger partial charge in [0.15, 0.2) is 5.69 Å². The summed E-state index contributed by atoms with van der Waals surface area (Å²) in [4.78, 5) is 36.9. The van der Waals surface area contributed by atoms with E-state index in [1.807, 2.05) is 0 Å². The fourth-order valence-corrected chi connectivity index (χ4v) is 4.79. The van der Waals surface area contributed by atoms with Crippen LogP contribution in [0.5, 0.6) is 5.75 Å². The van der Waals surface area contributed by atoms with Crippen molar-refractivity contribution in [2.75, 3.05) is 13.7 Å². The van der Waals surface area contributed by atoms with Gasteiger partial charge in [0.2, 0.25) is 0 Å². The molecule has 0 bridgehead atoms. The molecule has 2 rings (SSSR count). The number of allylic oxidation sites excluding steroid dienone is 2. The molecule has 1 aromatic carbocycles. The zero-order valence-electron chi connectivity index (χ0n) is 20.9. The molecule has 1 aliphatic heterocycles. The molecule has 0 saturated carbocycles. The lowest BCUT2D eigenvalue weighted by Gasteiger charge is -2.41. The van der Waals surface area contributed by atoms with Crippen LogP contribution in [-0.2, 0) is 27.4 Å². The minimum atomic E-state index is -5.16. The van der Waals surface area contributed by atoms with Gasteiger partial charge in [0.1, 0.15) is 17.9 Å². The number of carbonyl (C=O) groups is 3. The summed E-state index contributed by atoms with van der Waals surface area (Å²) in [5.74, 6) is -3.70. The molecule has 1 aromatic rings. The van der Waals surface area contributed by atoms with E-state index in [4.69, 9.17) is 9.47 Å². The number of aliphatic carboxylic acids is 1. The summed E-state index contributed by atoms with van der Waals surface area (Å²) in [6.45, 7) is 7.77. The molecule has 1 heterocycles. The maximum atomic E-state index is 14.1. The number of carbonyl (C=O) groups excluding carboxylic acids is 3. The third kappa shape index (κ3) is 5.37. The van der Waals surface area contributed by atoms with Crippen LogP contribution in [0, 0.1) is 6.92 Å². The van der Waals surface area contributed by atoms with E-state index < -0.39 is 34.5 Å². The Hall–Kier alpha value is -2.88. The molecule has 0 radical (unpaired) electrons. The van der Waals surface area contributed by atoms with Crippen LogP contribution in [0.25, 0.3) is 0 Å². The fraction of sp³-hybridized carbons (Fsp3) is 0.560. The smallest absolute Gasteiger partial charge is 0.510 e. The molecular formula is C25H32F3NO6. The number of hydrogen-bond acceptors (Lipinski definition) is 6. The number of carboxylic acid groups (broad SMARTS) is 1. The maximum absolute atomic E-state index is 14.1. The van der Waals surface area contributed by atoms with Crippen LogP contribution in [0.3, 0.4) is 0 Å². The Morgan fingerprint density at radius 3 is 2.37 bits per heavy atom. The van der Waals surface area contributed by atoms with E-state index >= 15 is 0 Å². The standard InChI is InChI=1S/C25H32F3NO6/c1-7-12-29(14(2)3,24(33)25(26,27)28)21-17(10-8-15(4)9-11-19(30)31)22(34-6)16(5)18-13-35-23(32)20(18)21/h8,14H,7,9-13H2,1-6H3/b15-8+. The van der Waals surface area contributed by atoms with E-state index in [9.17, 15) is 32.7 Å². The lowest BCUT2D eigenvalue weighted by molar-refractivity contribution is -0.305. The summed E-state index contributed by atoms with van der Waals surface area (Å²) in [6, 6.07) is -0.865. The van der Waals surface area contributed by atoms with Crippen molar-refractivity contribution < 1.29 is 42.1 Å². The Morgan fingerprint density at radius 2 is 1.89 bits per heavy atom. The van der Waals surface area contributed by atoms with Crippen molar-refractivity contribution >= 4 is 23.5 Å². The van der Waals surface area contributed by atoms with Crippen molar-refractivity contribution in [2.45, 2.75) is 79.1 Å². The highest BCUT2D eigenvalue weighted by atomic mass is 19.4. The summed E-state index contributed by atoms with van der Waals surface area (Å²) in [5, 5.41) is 10.8. The number of rotatable bonds is 10. The summed E-state index contributed by atoms with van der Waals surface area (Å²) in [7, 11) is 1.38. The van der Waals surface area contributed by atoms with E-state index in [0.717, 1.165) is 0 Å². The maximum Gasteiger partial charge on any atom is 0.510 e. The quantitative estimate of drug-likeness (QED) is 0.275. The largest absolute Gasteiger partial charge is 0.550 e. The second kappa shape index (κ2) is 10.8. The number of fused-ring (bicyclic) bond motifs is 1. The first kappa shape index (κ1) is 28.4. The van der Waals surface area contributed by atoms with Gasteiger partial charge in [-0.2, -0.15) is 13.2 Å². The van der Waals surface area contributed by atoms with Crippen LogP contribution in [0.4, 0.5) is 18.9 Å². The number of amides is 1. The summed E-state index contributed by atoms with van der Waals surface area (Å²) in [5.41, 5.74) is 1.80. The molecule has 7 nitrogen and oxygen atoms in total. The minimum Gasteiger partial charge on any atom is -0.550 e. The number of hydrogen-bond donors (Lipinski definition) is 0. The van der Waals surface area contributed by atoms with Gasteiger partial charge in [-0.1, -0.05) is 18.6 Å². The topological polar surface area (TPSA) is 92.7 Å². The lowest BCUT2D eigenvalue weighted by atomic mass is 9.90. The van der Waals surface area contributed by atoms with Crippen LogP contribution < -0.4 is 14.3 Å². The average molecular weight is 500 g/mol. The number of methoxy groups -OCH3 is 1. The van der Waals surface area contributed by atoms with Gasteiger partial charge in [-0.3, -0.25) is 0 Å². The zero-order chi connectivity index (χ0) is 26.7. The van der Waals surface area contributed by atoms with Gasteiger partial charge in [-0.25, -0.2) is 14.1 Å². The number of esters is 1. The van der Waals surface area contributed by atoms with E-state index in [0.29, 0.717) is 16.7 Å². The van der Waals surface area contributed by atoms with Crippen molar-refractivity contribution in [1.82, 2.24) is 4.48 Å². The number of alkyl halides is 3. The van der Waals surface area contributed by atoms with Crippen molar-refractivity contribution in [3.05, 3.63) is 33.9 Å². The molecule has 1 amide bonds. The van der Waals surface area contributed by atoms with E-state index in [1.54, 1.807) is 26.8 Å². The molecule has 0 aromatic heterocycles. The second-order valence-electron chi connectivity index (χ2n) is 9.03. The number of cyclic esters (lactones) is 1. The molecule has 194 valence electrons. The average Bonchev–Trinajstić information content (AvgIpc) is 3.15. The van der Waals surface area contributed by atoms with E-state index in [1.165, 1.54) is 21.0 Å². The SMILES string of the molecule is CCC[N+](C(=O)C(F)(F)F)(c1c(C/C=C(\C)CCC(=O)[O-])c(OC)c(C)c2c1C(=O)OC2)C(C)C. The fourth-order valence-electron chi connectivity index (χ4n) is 4.79. The lowest BCUT2D eigenvalue weighted by Crippen LogP contribution is -2.64. The Kier molecular flexibility index (Phi) is 8.75. The zero-order valence-corrected chi connectivity index (χ0v) is 20.9. The Balaban J connectivity index is 2.98. The molecule has 0 fully saturated rings. The van der Waals surface area contributed by atoms with Gasteiger partial charge in [0, 0.05) is 18.0 Å². The molecular weight excluding hydrogens is 467 g/mol. The second-order valence-corrected chi connectivity index (χ2v) is 9.03. The third-order valence-corrected chi connectivity index (χ3v) is 6.49. The van der Waals surface area contributed by atoms with Crippen LogP contribution in [0.15, 0.2) is 11.6 Å². The molecule has 10 heteroatoms. The van der Waals surface area contributed by atoms with Crippen molar-refractivity contribution in [2.24, 2.45) is 0 Å². The molecule has 1 aliphatic rings. The predicted molar refractivity (Wildman–Crippen MR) is 122 cm³/mol. The van der Waals surface area contributed by atoms with Crippen LogP contribution in [0.1, 0.15) is 74.0 Å². The molecule has 0 N–H and O–H groups in total. The van der Waals surface area contributed by atoms with Crippen LogP contribution in [0.2, 0.25) is 0 Å². The summed E-state index contributed by atoms with van der Waals surface area (Å²) in [6.07, 6.45) is -3.25. The normalized spacial score (nSPS) is 15.6. The van der Waals surface area contributed by atoms with E-state index in [-0.39, 0.29) is 61.4 Å². The van der Waals surface area contributed by atoms with Gasteiger partial charge in [-0.05, 0) is 52.5 Å². The molecule has 1 atom stereocenters. The minimum absolute atomic E-state index is 0.0281. The molecule has 0 aliphatic carbocycles. The van der Waals surface area contributed by atoms with Crippen molar-refractivity contribution in [3.63, 3.8) is 0 Å². The molecule has 1 unspecified atom stereocenters. The van der Waals surface area contributed by atoms with Crippen molar-refractivity contribution in [1.29, 1.82) is 0 Å². The number of halogens is 3. The summed E-state index contributed by atoms with van der Waals surface area (Å²) >= 11 is 0. The monoisotopic (exact) mass is 499 g/mol. The van der Waals surface area contributed by atoms with E-state index in [2.05, 4.69) is 0 Å². The van der Waals surface area contributed by atoms with Gasteiger partial charge in [-0.15, -0.1) is 0 Å². The predicted octanol–water partition coefficient (Wildman–Crippen LogP) is 3.91. The first-order chi connectivity index (χ1) is 16.2. The number of ether oxygens (including phenoxy) is 2. The number of quaternary nitrogens is 1. The molecule has 35 heavy (non-hydrogen) atoms. The molecule has 0 saturated heterocycles. The van der Waals surface area contributed by atoms with Gasteiger partial charge >= 0.3 is 18.1 Å². The first-order valence-electron chi connectivity index (χ1n) is 11.5. The van der Waals surface area contributed by atoms with Crippen LogP contribution in [-0.4, -0.2) is 43.7 Å². The van der Waals surface area contributed by atoms with Gasteiger partial charge < -0.3 is 19.4 Å². The van der Waals surface area contributed by atoms with Gasteiger partial charge in [0.05, 0.1) is 25.3 Å². The highest BCUT2D eigenvalue weighted by molar-refractivity contribution is 6.06. The number of nitrogens with zero attached hydrogens (tertiary/aromatic N) is 1. The van der Waals surface area contributed by atoms with Crippen LogP contribution >= 0.6 is 0 Å². The molecule has 0 spiro atoms.